The van der Waals surface area contributed by atoms with E-state index in [0.717, 1.165) is 35.6 Å². The third-order valence-corrected chi connectivity index (χ3v) is 4.32. The van der Waals surface area contributed by atoms with E-state index in [4.69, 9.17) is 9.47 Å². The van der Waals surface area contributed by atoms with Crippen LogP contribution in [0.4, 0.5) is 0 Å². The molecule has 2 rings (SSSR count). The summed E-state index contributed by atoms with van der Waals surface area (Å²) >= 11 is 0. The molecule has 0 saturated heterocycles. The van der Waals surface area contributed by atoms with Crippen LogP contribution in [0.15, 0.2) is 48.5 Å². The maximum atomic E-state index is 6.21. The summed E-state index contributed by atoms with van der Waals surface area (Å²) < 4.78 is 12.0. The molecule has 0 aliphatic carbocycles. The van der Waals surface area contributed by atoms with Crippen molar-refractivity contribution < 1.29 is 9.47 Å². The van der Waals surface area contributed by atoms with Gasteiger partial charge in [-0.15, -0.1) is 12.4 Å². The highest BCUT2D eigenvalue weighted by Crippen LogP contribution is 2.33. The lowest BCUT2D eigenvalue weighted by molar-refractivity contribution is 0.236. The molecule has 0 radical (unpaired) electrons. The molecule has 0 heterocycles. The number of halogens is 1. The van der Waals surface area contributed by atoms with Crippen LogP contribution >= 0.6 is 12.4 Å². The van der Waals surface area contributed by atoms with Crippen LogP contribution in [-0.4, -0.2) is 12.1 Å². The van der Waals surface area contributed by atoms with Crippen LogP contribution in [0.25, 0.3) is 0 Å². The van der Waals surface area contributed by atoms with E-state index in [9.17, 15) is 0 Å². The molecule has 156 valence electrons. The van der Waals surface area contributed by atoms with Gasteiger partial charge in [-0.25, -0.2) is 0 Å². The van der Waals surface area contributed by atoms with Gasteiger partial charge >= 0.3 is 0 Å². The first kappa shape index (κ1) is 24.3. The zero-order chi connectivity index (χ0) is 19.9. The quantitative estimate of drug-likeness (QED) is 0.524. The Kier molecular flexibility index (Phi) is 9.32. The maximum absolute atomic E-state index is 6.21. The van der Waals surface area contributed by atoms with Crippen LogP contribution in [0, 0.1) is 5.41 Å². The normalized spacial score (nSPS) is 11.6. The van der Waals surface area contributed by atoms with Crippen LogP contribution in [0.2, 0.25) is 0 Å². The van der Waals surface area contributed by atoms with Crippen molar-refractivity contribution in [3.8, 4) is 11.5 Å². The summed E-state index contributed by atoms with van der Waals surface area (Å²) in [6, 6.07) is 16.4. The van der Waals surface area contributed by atoms with Gasteiger partial charge in [0.2, 0.25) is 0 Å². The smallest absolute Gasteiger partial charge is 0.166 e. The van der Waals surface area contributed by atoms with Gasteiger partial charge in [0.15, 0.2) is 11.5 Å². The molecule has 0 fully saturated rings. The fraction of sp³-hybridized carbons (Fsp3) is 0.500. The summed E-state index contributed by atoms with van der Waals surface area (Å²) in [5, 5.41) is 3.70. The van der Waals surface area contributed by atoms with E-state index in [1.54, 1.807) is 0 Å². The lowest BCUT2D eigenvalue weighted by Gasteiger charge is -2.33. The fourth-order valence-corrected chi connectivity index (χ4v) is 3.59. The van der Waals surface area contributed by atoms with Crippen molar-refractivity contribution >= 4 is 12.4 Å². The second-order valence-electron chi connectivity index (χ2n) is 8.93. The van der Waals surface area contributed by atoms with Gasteiger partial charge in [0, 0.05) is 17.6 Å². The zero-order valence-corrected chi connectivity index (χ0v) is 19.0. The molecule has 0 saturated carbocycles. The third-order valence-electron chi connectivity index (χ3n) is 4.32. The molecule has 0 amide bonds. The van der Waals surface area contributed by atoms with Gasteiger partial charge in [-0.2, -0.15) is 0 Å². The summed E-state index contributed by atoms with van der Waals surface area (Å²) in [5.41, 5.74) is 2.59. The molecule has 0 aromatic heterocycles. The molecular weight excluding hydrogens is 370 g/mol. The second-order valence-corrected chi connectivity index (χ2v) is 8.93. The maximum Gasteiger partial charge on any atom is 0.166 e. The number of hydrogen-bond acceptors (Lipinski definition) is 3. The second kappa shape index (κ2) is 10.7. The van der Waals surface area contributed by atoms with Crippen molar-refractivity contribution in [3.63, 3.8) is 0 Å². The largest absolute Gasteiger partial charge is 0.490 e. The minimum absolute atomic E-state index is 0. The van der Waals surface area contributed by atoms with E-state index < -0.39 is 0 Å². The monoisotopic (exact) mass is 405 g/mol. The third kappa shape index (κ3) is 8.12. The van der Waals surface area contributed by atoms with Crippen LogP contribution < -0.4 is 14.8 Å². The summed E-state index contributed by atoms with van der Waals surface area (Å²) in [6.07, 6.45) is 1.09. The number of benzene rings is 2. The Morgan fingerprint density at radius 1 is 0.857 bits per heavy atom. The van der Waals surface area contributed by atoms with E-state index in [1.807, 2.05) is 37.3 Å². The van der Waals surface area contributed by atoms with Crippen molar-refractivity contribution in [1.82, 2.24) is 5.32 Å². The molecule has 0 unspecified atom stereocenters. The van der Waals surface area contributed by atoms with Gasteiger partial charge in [-0.3, -0.25) is 0 Å². The standard InChI is InChI=1S/C24H35NO2.ClH/c1-7-26-21-15-11-14-20(16-25-24(5,6)18-23(2,3)4)22(21)27-17-19-12-9-8-10-13-19;/h8-15,25H,7,16-18H2,1-6H3;1H. The van der Waals surface area contributed by atoms with Crippen molar-refractivity contribution in [1.29, 1.82) is 0 Å². The minimum atomic E-state index is 0. The molecule has 3 nitrogen and oxygen atoms in total. The van der Waals surface area contributed by atoms with Crippen molar-refractivity contribution in [2.75, 3.05) is 6.61 Å². The van der Waals surface area contributed by atoms with E-state index in [1.165, 1.54) is 0 Å². The lowest BCUT2D eigenvalue weighted by atomic mass is 9.81. The molecule has 0 spiro atoms. The SMILES string of the molecule is CCOc1cccc(CNC(C)(C)CC(C)(C)C)c1OCc1ccccc1.Cl. The Bertz CT molecular complexity index is 708. The first-order chi connectivity index (χ1) is 12.7. The Morgan fingerprint density at radius 3 is 2.14 bits per heavy atom. The van der Waals surface area contributed by atoms with E-state index in [0.29, 0.717) is 13.2 Å². The molecule has 0 bridgehead atoms. The summed E-state index contributed by atoms with van der Waals surface area (Å²) in [6.45, 7) is 15.2. The fourth-order valence-electron chi connectivity index (χ4n) is 3.59. The number of para-hydroxylation sites is 1. The molecule has 28 heavy (non-hydrogen) atoms. The van der Waals surface area contributed by atoms with Crippen molar-refractivity contribution in [3.05, 3.63) is 59.7 Å². The average Bonchev–Trinajstić information content (AvgIpc) is 2.58. The number of hydrogen-bond donors (Lipinski definition) is 1. The van der Waals surface area contributed by atoms with Gasteiger partial charge in [0.25, 0.3) is 0 Å². The van der Waals surface area contributed by atoms with Gasteiger partial charge in [-0.1, -0.05) is 63.2 Å². The van der Waals surface area contributed by atoms with E-state index >= 15 is 0 Å². The molecule has 0 atom stereocenters. The Labute approximate surface area is 177 Å². The van der Waals surface area contributed by atoms with E-state index in [2.05, 4.69) is 58.1 Å². The Balaban J connectivity index is 0.00000392. The zero-order valence-electron chi connectivity index (χ0n) is 18.2. The summed E-state index contributed by atoms with van der Waals surface area (Å²) in [4.78, 5) is 0. The van der Waals surface area contributed by atoms with Gasteiger partial charge in [-0.05, 0) is 44.2 Å². The highest BCUT2D eigenvalue weighted by Gasteiger charge is 2.25. The van der Waals surface area contributed by atoms with Crippen LogP contribution in [0.5, 0.6) is 11.5 Å². The van der Waals surface area contributed by atoms with Gasteiger partial charge < -0.3 is 14.8 Å². The van der Waals surface area contributed by atoms with E-state index in [-0.39, 0.29) is 23.4 Å². The van der Waals surface area contributed by atoms with Gasteiger partial charge in [0.1, 0.15) is 6.61 Å². The summed E-state index contributed by atoms with van der Waals surface area (Å²) in [5.74, 6) is 1.64. The molecular formula is C24H36ClNO2. The lowest BCUT2D eigenvalue weighted by Crippen LogP contribution is -2.41. The number of rotatable bonds is 9. The predicted molar refractivity (Wildman–Crippen MR) is 121 cm³/mol. The Morgan fingerprint density at radius 2 is 1.54 bits per heavy atom. The summed E-state index contributed by atoms with van der Waals surface area (Å²) in [7, 11) is 0. The minimum Gasteiger partial charge on any atom is -0.490 e. The molecule has 1 N–H and O–H groups in total. The first-order valence-electron chi connectivity index (χ1n) is 9.87. The van der Waals surface area contributed by atoms with Crippen LogP contribution in [0.3, 0.4) is 0 Å². The number of nitrogens with one attached hydrogen (secondary N) is 1. The van der Waals surface area contributed by atoms with Crippen molar-refractivity contribution in [2.45, 2.75) is 66.7 Å². The van der Waals surface area contributed by atoms with Crippen LogP contribution in [-0.2, 0) is 13.2 Å². The first-order valence-corrected chi connectivity index (χ1v) is 9.87. The van der Waals surface area contributed by atoms with Gasteiger partial charge in [0.05, 0.1) is 6.61 Å². The topological polar surface area (TPSA) is 30.5 Å². The molecule has 4 heteroatoms. The molecule has 0 aliphatic rings. The molecule has 0 aliphatic heterocycles. The number of ether oxygens (including phenoxy) is 2. The molecule has 2 aromatic rings. The highest BCUT2D eigenvalue weighted by molar-refractivity contribution is 5.85. The van der Waals surface area contributed by atoms with Crippen LogP contribution in [0.1, 0.15) is 59.1 Å². The average molecular weight is 406 g/mol. The van der Waals surface area contributed by atoms with Crippen molar-refractivity contribution in [2.24, 2.45) is 5.41 Å². The highest BCUT2D eigenvalue weighted by atomic mass is 35.5. The predicted octanol–water partition coefficient (Wildman–Crippen LogP) is 6.39. The molecule has 2 aromatic carbocycles. The Hall–Kier alpha value is -1.71.